The van der Waals surface area contributed by atoms with Crippen LogP contribution in [-0.4, -0.2) is 20.2 Å². The molecule has 0 aromatic heterocycles. The number of rotatable bonds is 2. The van der Waals surface area contributed by atoms with Crippen molar-refractivity contribution in [2.24, 2.45) is 0 Å². The van der Waals surface area contributed by atoms with Gasteiger partial charge in [0.25, 0.3) is 0 Å². The van der Waals surface area contributed by atoms with Gasteiger partial charge >= 0.3 is 0 Å². The van der Waals surface area contributed by atoms with Crippen molar-refractivity contribution >= 4 is 10.8 Å². The third-order valence-electron chi connectivity index (χ3n) is 3.84. The van der Waals surface area contributed by atoms with E-state index in [4.69, 9.17) is 4.74 Å². The summed E-state index contributed by atoms with van der Waals surface area (Å²) >= 11 is 0. The maximum absolute atomic E-state index is 5.26. The molecule has 94 valence electrons. The number of nitrogens with one attached hydrogen (secondary N) is 1. The normalized spacial score (nSPS) is 19.9. The minimum Gasteiger partial charge on any atom is -0.497 e. The minimum absolute atomic E-state index is 0.672. The lowest BCUT2D eigenvalue weighted by atomic mass is 9.90. The van der Waals surface area contributed by atoms with E-state index in [1.807, 2.05) is 6.07 Å². The molecule has 0 aliphatic carbocycles. The third-order valence-corrected chi connectivity index (χ3v) is 3.84. The van der Waals surface area contributed by atoms with E-state index in [0.717, 1.165) is 12.3 Å². The van der Waals surface area contributed by atoms with E-state index < -0.39 is 0 Å². The molecule has 1 aliphatic rings. The molecule has 18 heavy (non-hydrogen) atoms. The molecule has 0 radical (unpaired) electrons. The molecule has 0 amide bonds. The number of ether oxygens (including phenoxy) is 1. The van der Waals surface area contributed by atoms with E-state index in [2.05, 4.69) is 35.6 Å². The smallest absolute Gasteiger partial charge is 0.119 e. The third kappa shape index (κ3) is 2.21. The first-order chi connectivity index (χ1) is 8.86. The van der Waals surface area contributed by atoms with Crippen molar-refractivity contribution in [3.05, 3.63) is 42.0 Å². The average molecular weight is 241 g/mol. The van der Waals surface area contributed by atoms with Crippen LogP contribution < -0.4 is 10.1 Å². The molecular weight excluding hydrogens is 222 g/mol. The lowest BCUT2D eigenvalue weighted by Gasteiger charge is -2.23. The van der Waals surface area contributed by atoms with Crippen LogP contribution in [0.2, 0.25) is 0 Å². The van der Waals surface area contributed by atoms with E-state index in [0.29, 0.717) is 5.92 Å². The van der Waals surface area contributed by atoms with Gasteiger partial charge in [0, 0.05) is 6.54 Å². The molecule has 2 aromatic rings. The fraction of sp³-hybridized carbons (Fsp3) is 0.375. The van der Waals surface area contributed by atoms with E-state index in [-0.39, 0.29) is 0 Å². The zero-order valence-corrected chi connectivity index (χ0v) is 10.8. The topological polar surface area (TPSA) is 21.3 Å². The van der Waals surface area contributed by atoms with Gasteiger partial charge in [-0.25, -0.2) is 0 Å². The monoisotopic (exact) mass is 241 g/mol. The SMILES string of the molecule is COc1ccc2cc(C3CCCNC3)ccc2c1. The Kier molecular flexibility index (Phi) is 3.20. The molecule has 1 unspecified atom stereocenters. The van der Waals surface area contributed by atoms with Crippen molar-refractivity contribution in [2.75, 3.05) is 20.2 Å². The summed E-state index contributed by atoms with van der Waals surface area (Å²) in [4.78, 5) is 0. The second-order valence-corrected chi connectivity index (χ2v) is 5.02. The van der Waals surface area contributed by atoms with Gasteiger partial charge in [-0.2, -0.15) is 0 Å². The zero-order valence-electron chi connectivity index (χ0n) is 10.8. The second kappa shape index (κ2) is 4.99. The number of methoxy groups -OCH3 is 1. The summed E-state index contributed by atoms with van der Waals surface area (Å²) in [5.74, 6) is 1.60. The Balaban J connectivity index is 1.95. The first-order valence-corrected chi connectivity index (χ1v) is 6.65. The molecule has 1 saturated heterocycles. The van der Waals surface area contributed by atoms with Crippen LogP contribution in [0.15, 0.2) is 36.4 Å². The Hall–Kier alpha value is -1.54. The zero-order chi connectivity index (χ0) is 12.4. The highest BCUT2D eigenvalue weighted by atomic mass is 16.5. The molecule has 0 saturated carbocycles. The summed E-state index contributed by atoms with van der Waals surface area (Å²) in [6.07, 6.45) is 2.58. The summed E-state index contributed by atoms with van der Waals surface area (Å²) < 4.78 is 5.26. The van der Waals surface area contributed by atoms with Gasteiger partial charge in [-0.1, -0.05) is 24.3 Å². The number of hydrogen-bond acceptors (Lipinski definition) is 2. The van der Waals surface area contributed by atoms with Crippen LogP contribution in [0.5, 0.6) is 5.75 Å². The molecule has 3 rings (SSSR count). The van der Waals surface area contributed by atoms with E-state index in [1.165, 1.54) is 35.7 Å². The minimum atomic E-state index is 0.672. The van der Waals surface area contributed by atoms with Crippen molar-refractivity contribution in [3.8, 4) is 5.75 Å². The van der Waals surface area contributed by atoms with E-state index >= 15 is 0 Å². The number of hydrogen-bond donors (Lipinski definition) is 1. The molecule has 1 N–H and O–H groups in total. The number of piperidine rings is 1. The van der Waals surface area contributed by atoms with Crippen LogP contribution in [0.4, 0.5) is 0 Å². The lowest BCUT2D eigenvalue weighted by Crippen LogP contribution is -2.28. The maximum atomic E-state index is 5.26. The van der Waals surface area contributed by atoms with Crippen molar-refractivity contribution in [2.45, 2.75) is 18.8 Å². The van der Waals surface area contributed by atoms with Crippen LogP contribution >= 0.6 is 0 Å². The first kappa shape index (κ1) is 11.5. The van der Waals surface area contributed by atoms with Crippen LogP contribution in [0.3, 0.4) is 0 Å². The van der Waals surface area contributed by atoms with Gasteiger partial charge in [-0.15, -0.1) is 0 Å². The average Bonchev–Trinajstić information content (AvgIpc) is 2.47. The van der Waals surface area contributed by atoms with Crippen molar-refractivity contribution < 1.29 is 4.74 Å². The number of benzene rings is 2. The summed E-state index contributed by atoms with van der Waals surface area (Å²) in [6, 6.07) is 13.1. The second-order valence-electron chi connectivity index (χ2n) is 5.02. The molecular formula is C16H19NO. The molecule has 2 nitrogen and oxygen atoms in total. The largest absolute Gasteiger partial charge is 0.497 e. The predicted molar refractivity (Wildman–Crippen MR) is 75.3 cm³/mol. The van der Waals surface area contributed by atoms with Gasteiger partial charge < -0.3 is 10.1 Å². The van der Waals surface area contributed by atoms with Crippen LogP contribution in [0, 0.1) is 0 Å². The fourth-order valence-electron chi connectivity index (χ4n) is 2.76. The highest BCUT2D eigenvalue weighted by Crippen LogP contribution is 2.28. The summed E-state index contributed by atoms with van der Waals surface area (Å²) in [5, 5.41) is 6.04. The fourth-order valence-corrected chi connectivity index (χ4v) is 2.76. The molecule has 2 heteroatoms. The highest BCUT2D eigenvalue weighted by Gasteiger charge is 2.15. The van der Waals surface area contributed by atoms with Crippen molar-refractivity contribution in [3.63, 3.8) is 0 Å². The molecule has 1 fully saturated rings. The van der Waals surface area contributed by atoms with Crippen LogP contribution in [0.1, 0.15) is 24.3 Å². The van der Waals surface area contributed by atoms with Gasteiger partial charge in [-0.05, 0) is 53.8 Å². The number of fused-ring (bicyclic) bond motifs is 1. The lowest BCUT2D eigenvalue weighted by molar-refractivity contribution is 0.415. The summed E-state index contributed by atoms with van der Waals surface area (Å²) in [5.41, 5.74) is 1.46. The quantitative estimate of drug-likeness (QED) is 0.871. The Bertz CT molecular complexity index is 544. The molecule has 1 atom stereocenters. The molecule has 0 spiro atoms. The van der Waals surface area contributed by atoms with Gasteiger partial charge in [0.2, 0.25) is 0 Å². The Labute approximate surface area is 108 Å². The van der Waals surface area contributed by atoms with Gasteiger partial charge in [0.05, 0.1) is 7.11 Å². The van der Waals surface area contributed by atoms with Crippen molar-refractivity contribution in [1.29, 1.82) is 0 Å². The van der Waals surface area contributed by atoms with E-state index in [9.17, 15) is 0 Å². The highest BCUT2D eigenvalue weighted by molar-refractivity contribution is 5.84. The standard InChI is InChI=1S/C16H19NO/c1-18-16-7-6-12-9-13(4-5-14(12)10-16)15-3-2-8-17-11-15/h4-7,9-10,15,17H,2-3,8,11H2,1H3. The van der Waals surface area contributed by atoms with Crippen molar-refractivity contribution in [1.82, 2.24) is 5.32 Å². The molecule has 1 heterocycles. The van der Waals surface area contributed by atoms with Gasteiger partial charge in [0.15, 0.2) is 0 Å². The summed E-state index contributed by atoms with van der Waals surface area (Å²) in [7, 11) is 1.71. The van der Waals surface area contributed by atoms with Crippen LogP contribution in [0.25, 0.3) is 10.8 Å². The summed E-state index contributed by atoms with van der Waals surface area (Å²) in [6.45, 7) is 2.28. The maximum Gasteiger partial charge on any atom is 0.119 e. The van der Waals surface area contributed by atoms with Gasteiger partial charge in [0.1, 0.15) is 5.75 Å². The Morgan fingerprint density at radius 3 is 2.72 bits per heavy atom. The molecule has 2 aromatic carbocycles. The van der Waals surface area contributed by atoms with E-state index in [1.54, 1.807) is 7.11 Å². The Morgan fingerprint density at radius 1 is 1.11 bits per heavy atom. The predicted octanol–water partition coefficient (Wildman–Crippen LogP) is 3.32. The van der Waals surface area contributed by atoms with Crippen LogP contribution in [-0.2, 0) is 0 Å². The first-order valence-electron chi connectivity index (χ1n) is 6.65. The molecule has 1 aliphatic heterocycles. The Morgan fingerprint density at radius 2 is 1.94 bits per heavy atom. The van der Waals surface area contributed by atoms with Gasteiger partial charge in [-0.3, -0.25) is 0 Å². The molecule has 0 bridgehead atoms.